The lowest BCUT2D eigenvalue weighted by Crippen LogP contribution is -2.26. The van der Waals surface area contributed by atoms with Gasteiger partial charge >= 0.3 is 0 Å². The third kappa shape index (κ3) is 5.97. The second-order valence-electron chi connectivity index (χ2n) is 7.31. The van der Waals surface area contributed by atoms with Gasteiger partial charge in [-0.25, -0.2) is 4.39 Å². The molecule has 25 heavy (non-hydrogen) atoms. The van der Waals surface area contributed by atoms with Crippen molar-refractivity contribution >= 4 is 0 Å². The lowest BCUT2D eigenvalue weighted by molar-refractivity contribution is 0.460. The molecule has 0 radical (unpaired) electrons. The van der Waals surface area contributed by atoms with Crippen LogP contribution in [-0.2, 0) is 12.8 Å². The zero-order valence-corrected chi connectivity index (χ0v) is 15.1. The van der Waals surface area contributed by atoms with Gasteiger partial charge in [-0.05, 0) is 86.4 Å². The van der Waals surface area contributed by atoms with E-state index in [4.69, 9.17) is 0 Å². The predicted octanol–water partition coefficient (Wildman–Crippen LogP) is 5.64. The molecule has 2 heteroatoms. The van der Waals surface area contributed by atoms with E-state index in [0.717, 1.165) is 25.4 Å². The summed E-state index contributed by atoms with van der Waals surface area (Å²) in [5.74, 6) is 0.608. The molecule has 0 atom stereocenters. The van der Waals surface area contributed by atoms with E-state index < -0.39 is 0 Å². The molecule has 0 aliphatic carbocycles. The van der Waals surface area contributed by atoms with E-state index in [1.54, 1.807) is 12.1 Å². The highest BCUT2D eigenvalue weighted by molar-refractivity contribution is 5.26. The monoisotopic (exact) mass is 339 g/mol. The fourth-order valence-corrected chi connectivity index (χ4v) is 3.77. The number of unbranched alkanes of at least 4 members (excludes halogenated alkanes) is 3. The number of rotatable bonds is 8. The van der Waals surface area contributed by atoms with Crippen molar-refractivity contribution in [1.29, 1.82) is 0 Å². The summed E-state index contributed by atoms with van der Waals surface area (Å²) in [6.07, 6.45) is 9.77. The van der Waals surface area contributed by atoms with Crippen molar-refractivity contribution in [3.63, 3.8) is 0 Å². The van der Waals surface area contributed by atoms with Crippen LogP contribution in [0.3, 0.4) is 0 Å². The lowest BCUT2D eigenvalue weighted by atomic mass is 9.89. The van der Waals surface area contributed by atoms with Gasteiger partial charge in [0.25, 0.3) is 0 Å². The summed E-state index contributed by atoms with van der Waals surface area (Å²) in [4.78, 5) is 0. The minimum atomic E-state index is -0.144. The summed E-state index contributed by atoms with van der Waals surface area (Å²) < 4.78 is 12.9. The Balaban J connectivity index is 1.31. The second kappa shape index (κ2) is 9.72. The fraction of sp³-hybridized carbons (Fsp3) is 0.478. The Hall–Kier alpha value is -1.67. The predicted molar refractivity (Wildman–Crippen MR) is 104 cm³/mol. The number of aryl methyl sites for hydroxylation is 2. The van der Waals surface area contributed by atoms with Gasteiger partial charge in [-0.2, -0.15) is 0 Å². The third-order valence-electron chi connectivity index (χ3n) is 5.38. The average molecular weight is 339 g/mol. The Morgan fingerprint density at radius 1 is 0.720 bits per heavy atom. The van der Waals surface area contributed by atoms with Crippen molar-refractivity contribution in [2.24, 2.45) is 0 Å². The van der Waals surface area contributed by atoms with Gasteiger partial charge in [-0.3, -0.25) is 0 Å². The van der Waals surface area contributed by atoms with Crippen molar-refractivity contribution < 1.29 is 4.39 Å². The van der Waals surface area contributed by atoms with Crippen LogP contribution < -0.4 is 5.32 Å². The van der Waals surface area contributed by atoms with Crippen LogP contribution in [0, 0.1) is 5.82 Å². The molecular weight excluding hydrogens is 309 g/mol. The van der Waals surface area contributed by atoms with Gasteiger partial charge in [0, 0.05) is 0 Å². The zero-order valence-electron chi connectivity index (χ0n) is 15.1. The standard InChI is InChI=1S/C23H30FN/c24-23-13-9-20(10-14-23)6-4-2-1-3-5-19-7-11-21(12-8-19)22-15-17-25-18-16-22/h7-14,22,25H,1-6,15-18H2. The van der Waals surface area contributed by atoms with E-state index in [-0.39, 0.29) is 5.82 Å². The van der Waals surface area contributed by atoms with Crippen molar-refractivity contribution in [3.8, 4) is 0 Å². The Bertz CT molecular complexity index is 612. The first-order valence-corrected chi connectivity index (χ1v) is 9.85. The lowest BCUT2D eigenvalue weighted by Gasteiger charge is -2.23. The van der Waals surface area contributed by atoms with Crippen LogP contribution in [0.1, 0.15) is 61.1 Å². The summed E-state index contributed by atoms with van der Waals surface area (Å²) in [6.45, 7) is 2.31. The van der Waals surface area contributed by atoms with Crippen molar-refractivity contribution in [2.45, 2.75) is 57.3 Å². The first-order chi connectivity index (χ1) is 12.3. The van der Waals surface area contributed by atoms with Crippen molar-refractivity contribution in [1.82, 2.24) is 5.32 Å². The Kier molecular flexibility index (Phi) is 7.05. The molecule has 0 unspecified atom stereocenters. The van der Waals surface area contributed by atoms with Gasteiger partial charge in [0.15, 0.2) is 0 Å². The summed E-state index contributed by atoms with van der Waals surface area (Å²) in [7, 11) is 0. The van der Waals surface area contributed by atoms with Crippen LogP contribution in [0.4, 0.5) is 4.39 Å². The number of halogens is 1. The zero-order chi connectivity index (χ0) is 17.3. The van der Waals surface area contributed by atoms with Crippen molar-refractivity contribution in [2.75, 3.05) is 13.1 Å². The number of benzene rings is 2. The average Bonchev–Trinajstić information content (AvgIpc) is 2.67. The van der Waals surface area contributed by atoms with Crippen LogP contribution >= 0.6 is 0 Å². The Morgan fingerprint density at radius 3 is 1.80 bits per heavy atom. The number of hydrogen-bond donors (Lipinski definition) is 1. The van der Waals surface area contributed by atoms with E-state index in [1.165, 1.54) is 61.6 Å². The highest BCUT2D eigenvalue weighted by atomic mass is 19.1. The molecule has 0 saturated carbocycles. The highest BCUT2D eigenvalue weighted by Gasteiger charge is 2.14. The molecule has 2 aromatic rings. The molecule has 1 aliphatic heterocycles. The quantitative estimate of drug-likeness (QED) is 0.614. The maximum Gasteiger partial charge on any atom is 0.123 e. The molecule has 2 aromatic carbocycles. The largest absolute Gasteiger partial charge is 0.317 e. The molecule has 134 valence electrons. The first-order valence-electron chi connectivity index (χ1n) is 9.85. The smallest absolute Gasteiger partial charge is 0.123 e. The second-order valence-corrected chi connectivity index (χ2v) is 7.31. The molecule has 1 aliphatic rings. The maximum absolute atomic E-state index is 12.9. The minimum absolute atomic E-state index is 0.144. The van der Waals surface area contributed by atoms with E-state index in [2.05, 4.69) is 29.6 Å². The molecule has 0 aromatic heterocycles. The van der Waals surface area contributed by atoms with Gasteiger partial charge in [-0.1, -0.05) is 49.2 Å². The van der Waals surface area contributed by atoms with Gasteiger partial charge in [0.1, 0.15) is 5.82 Å². The molecule has 1 nitrogen and oxygen atoms in total. The summed E-state index contributed by atoms with van der Waals surface area (Å²) in [5, 5.41) is 3.44. The molecule has 1 heterocycles. The normalized spacial score (nSPS) is 15.4. The molecule has 1 saturated heterocycles. The topological polar surface area (TPSA) is 12.0 Å². The number of nitrogens with one attached hydrogen (secondary N) is 1. The van der Waals surface area contributed by atoms with Gasteiger partial charge in [0.05, 0.1) is 0 Å². The minimum Gasteiger partial charge on any atom is -0.317 e. The van der Waals surface area contributed by atoms with Crippen molar-refractivity contribution in [3.05, 3.63) is 71.0 Å². The summed E-state index contributed by atoms with van der Waals surface area (Å²) in [5.41, 5.74) is 4.23. The third-order valence-corrected chi connectivity index (χ3v) is 5.38. The van der Waals surface area contributed by atoms with E-state index in [1.807, 2.05) is 12.1 Å². The molecule has 0 amide bonds. The summed E-state index contributed by atoms with van der Waals surface area (Å²) in [6, 6.07) is 16.3. The molecule has 1 N–H and O–H groups in total. The van der Waals surface area contributed by atoms with Gasteiger partial charge < -0.3 is 5.32 Å². The number of piperidine rings is 1. The van der Waals surface area contributed by atoms with Crippen LogP contribution in [0.25, 0.3) is 0 Å². The molecule has 1 fully saturated rings. The van der Waals surface area contributed by atoms with Crippen LogP contribution in [0.5, 0.6) is 0 Å². The molecule has 0 spiro atoms. The van der Waals surface area contributed by atoms with Crippen LogP contribution in [0.15, 0.2) is 48.5 Å². The Morgan fingerprint density at radius 2 is 1.24 bits per heavy atom. The first kappa shape index (κ1) is 18.1. The van der Waals surface area contributed by atoms with Gasteiger partial charge in [0.2, 0.25) is 0 Å². The molecular formula is C23H30FN. The van der Waals surface area contributed by atoms with Gasteiger partial charge in [-0.15, -0.1) is 0 Å². The number of hydrogen-bond acceptors (Lipinski definition) is 1. The molecule has 3 rings (SSSR count). The molecule has 0 bridgehead atoms. The highest BCUT2D eigenvalue weighted by Crippen LogP contribution is 2.25. The van der Waals surface area contributed by atoms with E-state index in [0.29, 0.717) is 0 Å². The summed E-state index contributed by atoms with van der Waals surface area (Å²) >= 11 is 0. The van der Waals surface area contributed by atoms with Crippen LogP contribution in [0.2, 0.25) is 0 Å². The maximum atomic E-state index is 12.9. The Labute approximate surface area is 151 Å². The van der Waals surface area contributed by atoms with E-state index in [9.17, 15) is 4.39 Å². The van der Waals surface area contributed by atoms with Crippen LogP contribution in [-0.4, -0.2) is 13.1 Å². The SMILES string of the molecule is Fc1ccc(CCCCCCc2ccc(C3CCNCC3)cc2)cc1. The fourth-order valence-electron chi connectivity index (χ4n) is 3.77. The van der Waals surface area contributed by atoms with E-state index >= 15 is 0 Å².